The van der Waals surface area contributed by atoms with E-state index in [0.29, 0.717) is 49.7 Å². The molecule has 0 radical (unpaired) electrons. The monoisotopic (exact) mass is 445 g/mol. The van der Waals surface area contributed by atoms with Crippen molar-refractivity contribution in [3.8, 4) is 23.0 Å². The number of benzene rings is 2. The van der Waals surface area contributed by atoms with E-state index in [4.69, 9.17) is 9.47 Å². The summed E-state index contributed by atoms with van der Waals surface area (Å²) in [5, 5.41) is 0. The second kappa shape index (κ2) is 10.3. The molecule has 7 heteroatoms. The second-order valence-electron chi connectivity index (χ2n) is 8.01. The molecule has 2 heterocycles. The minimum atomic E-state index is -0.209. The zero-order chi connectivity index (χ0) is 23.2. The Labute approximate surface area is 193 Å². The summed E-state index contributed by atoms with van der Waals surface area (Å²) in [6.07, 6.45) is 2.67. The number of carbonyl (C=O) groups is 2. The molecule has 0 saturated carbocycles. The number of amides is 1. The van der Waals surface area contributed by atoms with Gasteiger partial charge in [-0.3, -0.25) is 9.59 Å². The first-order valence-corrected chi connectivity index (χ1v) is 11.2. The Morgan fingerprint density at radius 2 is 1.73 bits per heavy atom. The first kappa shape index (κ1) is 22.5. The number of hydrogen-bond donors (Lipinski definition) is 0. The highest BCUT2D eigenvalue weighted by Gasteiger charge is 2.30. The van der Waals surface area contributed by atoms with Crippen molar-refractivity contribution in [2.45, 2.75) is 26.7 Å². The number of likely N-dealkylation sites (tertiary alicyclic amines) is 1. The lowest BCUT2D eigenvalue weighted by Crippen LogP contribution is -2.40. The molecule has 0 aliphatic carbocycles. The van der Waals surface area contributed by atoms with E-state index in [2.05, 4.69) is 9.97 Å². The number of hydrogen-bond acceptors (Lipinski definition) is 6. The number of rotatable bonds is 6. The van der Waals surface area contributed by atoms with E-state index in [1.54, 1.807) is 11.8 Å². The van der Waals surface area contributed by atoms with Crippen LogP contribution >= 0.6 is 0 Å². The molecule has 0 N–H and O–H groups in total. The summed E-state index contributed by atoms with van der Waals surface area (Å²) >= 11 is 0. The third-order valence-corrected chi connectivity index (χ3v) is 5.65. The highest BCUT2D eigenvalue weighted by Crippen LogP contribution is 2.28. The minimum absolute atomic E-state index is 0.172. The van der Waals surface area contributed by atoms with Gasteiger partial charge in [-0.25, -0.2) is 4.98 Å². The van der Waals surface area contributed by atoms with Gasteiger partial charge >= 0.3 is 5.97 Å². The van der Waals surface area contributed by atoms with Crippen molar-refractivity contribution in [3.05, 3.63) is 71.9 Å². The van der Waals surface area contributed by atoms with E-state index in [1.807, 2.05) is 61.5 Å². The molecule has 0 atom stereocenters. The molecule has 0 spiro atoms. The van der Waals surface area contributed by atoms with Crippen molar-refractivity contribution in [2.24, 2.45) is 5.92 Å². The number of aryl methyl sites for hydroxylation is 1. The van der Waals surface area contributed by atoms with Gasteiger partial charge in [0, 0.05) is 24.8 Å². The van der Waals surface area contributed by atoms with Gasteiger partial charge in [-0.1, -0.05) is 48.0 Å². The standard InChI is InChI=1S/C26H27N3O4/c1-3-32-26(31)20-13-15-29(16-14-20)25(30)22-17-27-23(19-7-5-4-6-8-19)28-24(22)33-21-11-9-18(2)10-12-21/h4-12,17,20H,3,13-16H2,1-2H3. The zero-order valence-electron chi connectivity index (χ0n) is 18.9. The number of esters is 1. The minimum Gasteiger partial charge on any atom is -0.466 e. The second-order valence-corrected chi connectivity index (χ2v) is 8.01. The molecule has 170 valence electrons. The van der Waals surface area contributed by atoms with Crippen molar-refractivity contribution < 1.29 is 19.1 Å². The summed E-state index contributed by atoms with van der Waals surface area (Å²) in [6.45, 7) is 5.09. The lowest BCUT2D eigenvalue weighted by molar-refractivity contribution is -0.149. The normalized spacial score (nSPS) is 14.1. The summed E-state index contributed by atoms with van der Waals surface area (Å²) in [7, 11) is 0. The average molecular weight is 446 g/mol. The van der Waals surface area contributed by atoms with Crippen LogP contribution in [0.25, 0.3) is 11.4 Å². The van der Waals surface area contributed by atoms with Gasteiger partial charge in [0.25, 0.3) is 5.91 Å². The molecule has 1 fully saturated rings. The summed E-state index contributed by atoms with van der Waals surface area (Å²) in [6, 6.07) is 17.1. The van der Waals surface area contributed by atoms with Crippen LogP contribution in [0.4, 0.5) is 0 Å². The topological polar surface area (TPSA) is 81.6 Å². The number of nitrogens with zero attached hydrogens (tertiary/aromatic N) is 3. The first-order valence-electron chi connectivity index (χ1n) is 11.2. The molecule has 1 amide bonds. The van der Waals surface area contributed by atoms with E-state index >= 15 is 0 Å². The average Bonchev–Trinajstić information content (AvgIpc) is 2.86. The fourth-order valence-electron chi connectivity index (χ4n) is 3.78. The SMILES string of the molecule is CCOC(=O)C1CCN(C(=O)c2cnc(-c3ccccc3)nc2Oc2ccc(C)cc2)CC1. The predicted octanol–water partition coefficient (Wildman–Crippen LogP) is 4.66. The Hall–Kier alpha value is -3.74. The highest BCUT2D eigenvalue weighted by molar-refractivity contribution is 5.96. The van der Waals surface area contributed by atoms with Crippen LogP contribution in [0.15, 0.2) is 60.8 Å². The molecule has 33 heavy (non-hydrogen) atoms. The fraction of sp³-hybridized carbons (Fsp3) is 0.308. The van der Waals surface area contributed by atoms with E-state index < -0.39 is 0 Å². The van der Waals surface area contributed by atoms with Gasteiger partial charge in [-0.15, -0.1) is 0 Å². The van der Waals surface area contributed by atoms with Crippen molar-refractivity contribution in [3.63, 3.8) is 0 Å². The van der Waals surface area contributed by atoms with Gasteiger partial charge < -0.3 is 14.4 Å². The third-order valence-electron chi connectivity index (χ3n) is 5.65. The first-order chi connectivity index (χ1) is 16.0. The van der Waals surface area contributed by atoms with Crippen molar-refractivity contribution in [2.75, 3.05) is 19.7 Å². The quantitative estimate of drug-likeness (QED) is 0.514. The number of aromatic nitrogens is 2. The Bertz CT molecular complexity index is 1110. The van der Waals surface area contributed by atoms with Crippen LogP contribution in [0.1, 0.15) is 35.7 Å². The Kier molecular flexibility index (Phi) is 6.98. The molecule has 1 aliphatic heterocycles. The number of ether oxygens (including phenoxy) is 2. The maximum Gasteiger partial charge on any atom is 0.309 e. The molecule has 7 nitrogen and oxygen atoms in total. The molecule has 0 bridgehead atoms. The molecular weight excluding hydrogens is 418 g/mol. The van der Waals surface area contributed by atoms with Crippen molar-refractivity contribution in [1.82, 2.24) is 14.9 Å². The molecule has 0 unspecified atom stereocenters. The van der Waals surface area contributed by atoms with Gasteiger partial charge in [0.1, 0.15) is 11.3 Å². The molecule has 4 rings (SSSR count). The summed E-state index contributed by atoms with van der Waals surface area (Å²) in [4.78, 5) is 36.1. The smallest absolute Gasteiger partial charge is 0.309 e. The van der Waals surface area contributed by atoms with Gasteiger partial charge in [0.05, 0.1) is 12.5 Å². The van der Waals surface area contributed by atoms with E-state index in [0.717, 1.165) is 11.1 Å². The van der Waals surface area contributed by atoms with Crippen molar-refractivity contribution in [1.29, 1.82) is 0 Å². The largest absolute Gasteiger partial charge is 0.466 e. The van der Waals surface area contributed by atoms with Crippen LogP contribution in [0.3, 0.4) is 0 Å². The zero-order valence-corrected chi connectivity index (χ0v) is 18.9. The summed E-state index contributed by atoms with van der Waals surface area (Å²) in [5.41, 5.74) is 2.24. The third kappa shape index (κ3) is 5.37. The Balaban J connectivity index is 1.59. The van der Waals surface area contributed by atoms with Gasteiger partial charge in [0.15, 0.2) is 5.82 Å². The van der Waals surface area contributed by atoms with Gasteiger partial charge in [-0.05, 0) is 38.8 Å². The van der Waals surface area contributed by atoms with Crippen LogP contribution in [0, 0.1) is 12.8 Å². The van der Waals surface area contributed by atoms with E-state index in [1.165, 1.54) is 6.20 Å². The Morgan fingerprint density at radius 3 is 2.39 bits per heavy atom. The summed E-state index contributed by atoms with van der Waals surface area (Å²) in [5.74, 6) is 0.713. The molecule has 3 aromatic rings. The molecule has 1 saturated heterocycles. The highest BCUT2D eigenvalue weighted by atomic mass is 16.5. The Morgan fingerprint density at radius 1 is 1.03 bits per heavy atom. The fourth-order valence-corrected chi connectivity index (χ4v) is 3.78. The van der Waals surface area contributed by atoms with E-state index in [-0.39, 0.29) is 23.7 Å². The molecule has 1 aliphatic rings. The lowest BCUT2D eigenvalue weighted by Gasteiger charge is -2.31. The molecular formula is C26H27N3O4. The maximum absolute atomic E-state index is 13.4. The molecule has 2 aromatic carbocycles. The summed E-state index contributed by atoms with van der Waals surface area (Å²) < 4.78 is 11.2. The van der Waals surface area contributed by atoms with E-state index in [9.17, 15) is 9.59 Å². The van der Waals surface area contributed by atoms with Gasteiger partial charge in [0.2, 0.25) is 5.88 Å². The van der Waals surface area contributed by atoms with Crippen LogP contribution in [0.2, 0.25) is 0 Å². The van der Waals surface area contributed by atoms with Crippen LogP contribution < -0.4 is 4.74 Å². The van der Waals surface area contributed by atoms with Crippen LogP contribution in [-0.4, -0.2) is 46.4 Å². The number of piperidine rings is 1. The molecule has 1 aromatic heterocycles. The van der Waals surface area contributed by atoms with Gasteiger partial charge in [-0.2, -0.15) is 4.98 Å². The predicted molar refractivity (Wildman–Crippen MR) is 124 cm³/mol. The number of carbonyl (C=O) groups excluding carboxylic acids is 2. The van der Waals surface area contributed by atoms with Crippen LogP contribution in [0.5, 0.6) is 11.6 Å². The maximum atomic E-state index is 13.4. The lowest BCUT2D eigenvalue weighted by atomic mass is 9.96. The van der Waals surface area contributed by atoms with Crippen LogP contribution in [-0.2, 0) is 9.53 Å². The van der Waals surface area contributed by atoms with Crippen molar-refractivity contribution >= 4 is 11.9 Å².